The lowest BCUT2D eigenvalue weighted by Gasteiger charge is -2.05. The summed E-state index contributed by atoms with van der Waals surface area (Å²) in [5.41, 5.74) is 11.8. The largest absolute Gasteiger partial charge is 0.505 e. The molecule has 5 N–H and O–H groups in total. The Bertz CT molecular complexity index is 318. The third kappa shape index (κ3) is 3.06. The van der Waals surface area contributed by atoms with Crippen LogP contribution in [0.1, 0.15) is 15.9 Å². The molecule has 0 aliphatic rings. The summed E-state index contributed by atoms with van der Waals surface area (Å²) in [6, 6.07) is 2.92. The van der Waals surface area contributed by atoms with E-state index in [1.54, 1.807) is 0 Å². The standard InChI is InChI=1S/C8H10N2O2.2ClH/c9-3-6-1-5(4-11)2-7(10)8(6)12;;/h1-2,4,12H,3,9-10H2;2*1H. The number of rotatable bonds is 2. The van der Waals surface area contributed by atoms with Crippen molar-refractivity contribution < 1.29 is 9.90 Å². The number of benzene rings is 1. The highest BCUT2D eigenvalue weighted by molar-refractivity contribution is 5.85. The van der Waals surface area contributed by atoms with Crippen LogP contribution in [0.2, 0.25) is 0 Å². The summed E-state index contributed by atoms with van der Waals surface area (Å²) in [5.74, 6) is -0.0388. The fraction of sp³-hybridized carbons (Fsp3) is 0.125. The molecular formula is C8H12Cl2N2O2. The van der Waals surface area contributed by atoms with Gasteiger partial charge in [-0.3, -0.25) is 4.79 Å². The molecule has 1 rings (SSSR count). The van der Waals surface area contributed by atoms with Crippen LogP contribution in [0.25, 0.3) is 0 Å². The minimum Gasteiger partial charge on any atom is -0.505 e. The van der Waals surface area contributed by atoms with E-state index in [0.29, 0.717) is 17.4 Å². The van der Waals surface area contributed by atoms with Crippen LogP contribution in [-0.4, -0.2) is 11.4 Å². The van der Waals surface area contributed by atoms with Crippen LogP contribution >= 0.6 is 24.8 Å². The zero-order valence-electron chi connectivity index (χ0n) is 7.27. The number of hydrogen-bond donors (Lipinski definition) is 3. The van der Waals surface area contributed by atoms with Gasteiger partial charge in [-0.25, -0.2) is 0 Å². The Balaban J connectivity index is 0. The molecule has 0 unspecified atom stereocenters. The van der Waals surface area contributed by atoms with Gasteiger partial charge in [-0.1, -0.05) is 0 Å². The fourth-order valence-electron chi connectivity index (χ4n) is 0.968. The van der Waals surface area contributed by atoms with Crippen molar-refractivity contribution in [1.82, 2.24) is 0 Å². The summed E-state index contributed by atoms with van der Waals surface area (Å²) in [6.45, 7) is 0.164. The normalized spacial score (nSPS) is 8.36. The van der Waals surface area contributed by atoms with Gasteiger partial charge in [0.25, 0.3) is 0 Å². The first-order valence-electron chi connectivity index (χ1n) is 3.45. The summed E-state index contributed by atoms with van der Waals surface area (Å²) < 4.78 is 0. The first-order valence-corrected chi connectivity index (χ1v) is 3.45. The van der Waals surface area contributed by atoms with E-state index >= 15 is 0 Å². The van der Waals surface area contributed by atoms with Crippen molar-refractivity contribution >= 4 is 36.8 Å². The lowest BCUT2D eigenvalue weighted by molar-refractivity contribution is 0.112. The number of aldehydes is 1. The SMILES string of the molecule is Cl.Cl.NCc1cc(C=O)cc(N)c1O. The van der Waals surface area contributed by atoms with Crippen molar-refractivity contribution in [3.8, 4) is 5.75 Å². The number of nitrogens with two attached hydrogens (primary N) is 2. The minimum absolute atomic E-state index is 0. The third-order valence-corrected chi connectivity index (χ3v) is 1.60. The van der Waals surface area contributed by atoms with Gasteiger partial charge in [-0.05, 0) is 12.1 Å². The Kier molecular flexibility index (Phi) is 7.17. The summed E-state index contributed by atoms with van der Waals surface area (Å²) in [5, 5.41) is 9.30. The molecule has 0 aliphatic carbocycles. The lowest BCUT2D eigenvalue weighted by atomic mass is 10.1. The molecular weight excluding hydrogens is 227 g/mol. The van der Waals surface area contributed by atoms with E-state index in [1.165, 1.54) is 12.1 Å². The van der Waals surface area contributed by atoms with Crippen LogP contribution in [-0.2, 0) is 6.54 Å². The van der Waals surface area contributed by atoms with E-state index in [9.17, 15) is 9.90 Å². The molecule has 0 radical (unpaired) electrons. The number of phenols is 1. The maximum atomic E-state index is 10.4. The van der Waals surface area contributed by atoms with Gasteiger partial charge in [0, 0.05) is 17.7 Å². The zero-order valence-corrected chi connectivity index (χ0v) is 8.90. The molecule has 0 saturated carbocycles. The summed E-state index contributed by atoms with van der Waals surface area (Å²) in [6.07, 6.45) is 0.662. The monoisotopic (exact) mass is 238 g/mol. The Morgan fingerprint density at radius 3 is 2.36 bits per heavy atom. The first-order chi connectivity index (χ1) is 5.69. The molecule has 1 aromatic carbocycles. The van der Waals surface area contributed by atoms with E-state index in [2.05, 4.69) is 0 Å². The Morgan fingerprint density at radius 1 is 1.36 bits per heavy atom. The predicted octanol–water partition coefficient (Wildman–Crippen LogP) is 1.09. The molecule has 14 heavy (non-hydrogen) atoms. The average Bonchev–Trinajstić information content (AvgIpc) is 2.09. The number of aromatic hydroxyl groups is 1. The van der Waals surface area contributed by atoms with Crippen LogP contribution in [0.3, 0.4) is 0 Å². The van der Waals surface area contributed by atoms with Crippen molar-refractivity contribution in [2.24, 2.45) is 5.73 Å². The summed E-state index contributed by atoms with van der Waals surface area (Å²) >= 11 is 0. The molecule has 0 atom stereocenters. The van der Waals surface area contributed by atoms with Gasteiger partial charge >= 0.3 is 0 Å². The van der Waals surface area contributed by atoms with Gasteiger partial charge in [0.15, 0.2) is 0 Å². The fourth-order valence-corrected chi connectivity index (χ4v) is 0.968. The number of nitrogen functional groups attached to an aromatic ring is 1. The molecule has 1 aromatic rings. The van der Waals surface area contributed by atoms with E-state index < -0.39 is 0 Å². The smallest absolute Gasteiger partial charge is 0.150 e. The molecule has 0 amide bonds. The van der Waals surface area contributed by atoms with Crippen LogP contribution in [0.5, 0.6) is 5.75 Å². The number of hydrogen-bond acceptors (Lipinski definition) is 4. The van der Waals surface area contributed by atoms with Crippen LogP contribution in [0.15, 0.2) is 12.1 Å². The topological polar surface area (TPSA) is 89.3 Å². The number of halogens is 2. The Morgan fingerprint density at radius 2 is 1.93 bits per heavy atom. The summed E-state index contributed by atoms with van der Waals surface area (Å²) in [7, 11) is 0. The second-order valence-corrected chi connectivity index (χ2v) is 2.44. The molecule has 0 heterocycles. The Labute approximate surface area is 94.1 Å². The van der Waals surface area contributed by atoms with Gasteiger partial charge in [-0.15, -0.1) is 24.8 Å². The third-order valence-electron chi connectivity index (χ3n) is 1.60. The average molecular weight is 239 g/mol. The van der Waals surface area contributed by atoms with Crippen LogP contribution in [0, 0.1) is 0 Å². The van der Waals surface area contributed by atoms with Crippen LogP contribution in [0.4, 0.5) is 5.69 Å². The molecule has 0 saturated heterocycles. The van der Waals surface area contributed by atoms with E-state index in [1.807, 2.05) is 0 Å². The molecule has 6 heteroatoms. The van der Waals surface area contributed by atoms with Crippen molar-refractivity contribution in [3.63, 3.8) is 0 Å². The van der Waals surface area contributed by atoms with Gasteiger partial charge in [-0.2, -0.15) is 0 Å². The predicted molar refractivity (Wildman–Crippen MR) is 60.3 cm³/mol. The van der Waals surface area contributed by atoms with Gasteiger partial charge in [0.05, 0.1) is 5.69 Å². The molecule has 80 valence electrons. The molecule has 0 aliphatic heterocycles. The number of phenolic OH excluding ortho intramolecular Hbond substituents is 1. The second-order valence-electron chi connectivity index (χ2n) is 2.44. The second kappa shape index (κ2) is 6.48. The summed E-state index contributed by atoms with van der Waals surface area (Å²) in [4.78, 5) is 10.4. The Hall–Kier alpha value is -0.970. The van der Waals surface area contributed by atoms with E-state index in [4.69, 9.17) is 11.5 Å². The van der Waals surface area contributed by atoms with Gasteiger partial charge in [0.1, 0.15) is 12.0 Å². The molecule has 0 aromatic heterocycles. The first kappa shape index (κ1) is 15.5. The van der Waals surface area contributed by atoms with Crippen molar-refractivity contribution in [2.75, 3.05) is 5.73 Å². The highest BCUT2D eigenvalue weighted by atomic mass is 35.5. The zero-order chi connectivity index (χ0) is 9.14. The number of carbonyl (C=O) groups excluding carboxylic acids is 1. The van der Waals surface area contributed by atoms with Crippen molar-refractivity contribution in [3.05, 3.63) is 23.3 Å². The molecule has 4 nitrogen and oxygen atoms in total. The van der Waals surface area contributed by atoms with E-state index in [-0.39, 0.29) is 42.8 Å². The van der Waals surface area contributed by atoms with Gasteiger partial charge in [0.2, 0.25) is 0 Å². The van der Waals surface area contributed by atoms with Crippen LogP contribution < -0.4 is 11.5 Å². The minimum atomic E-state index is -0.0388. The molecule has 0 bridgehead atoms. The van der Waals surface area contributed by atoms with Crippen molar-refractivity contribution in [1.29, 1.82) is 0 Å². The lowest BCUT2D eigenvalue weighted by Crippen LogP contribution is -2.00. The maximum Gasteiger partial charge on any atom is 0.150 e. The highest BCUT2D eigenvalue weighted by Crippen LogP contribution is 2.25. The molecule has 0 spiro atoms. The quantitative estimate of drug-likeness (QED) is 0.409. The maximum absolute atomic E-state index is 10.4. The van der Waals surface area contributed by atoms with Crippen molar-refractivity contribution in [2.45, 2.75) is 6.54 Å². The highest BCUT2D eigenvalue weighted by Gasteiger charge is 2.05. The van der Waals surface area contributed by atoms with E-state index in [0.717, 1.165) is 0 Å². The number of carbonyl (C=O) groups is 1. The molecule has 0 fully saturated rings. The van der Waals surface area contributed by atoms with Gasteiger partial charge < -0.3 is 16.6 Å². The number of anilines is 1.